The summed E-state index contributed by atoms with van der Waals surface area (Å²) in [6.45, 7) is 1.64. The number of hydrogen-bond acceptors (Lipinski definition) is 7. The fraction of sp³-hybridized carbons (Fsp3) is 0.263. The number of para-hydroxylation sites is 1. The number of methoxy groups -OCH3 is 1. The van der Waals surface area contributed by atoms with Gasteiger partial charge >= 0.3 is 5.97 Å². The fourth-order valence-corrected chi connectivity index (χ4v) is 2.96. The molecule has 2 rings (SSSR count). The summed E-state index contributed by atoms with van der Waals surface area (Å²) in [6.07, 6.45) is 0.635. The maximum atomic E-state index is 12.3. The molecule has 0 fully saturated rings. The molecule has 2 aromatic carbocycles. The van der Waals surface area contributed by atoms with Crippen LogP contribution in [0.5, 0.6) is 5.75 Å². The number of rotatable bonds is 8. The summed E-state index contributed by atoms with van der Waals surface area (Å²) in [6, 6.07) is 11.3. The van der Waals surface area contributed by atoms with Gasteiger partial charge in [-0.2, -0.15) is 0 Å². The van der Waals surface area contributed by atoms with Crippen LogP contribution in [0.4, 0.5) is 5.69 Å². The van der Waals surface area contributed by atoms with Crippen LogP contribution in [0.25, 0.3) is 0 Å². The van der Waals surface area contributed by atoms with Crippen molar-refractivity contribution in [2.45, 2.75) is 24.5 Å². The van der Waals surface area contributed by atoms with Gasteiger partial charge in [0.1, 0.15) is 5.75 Å². The largest absolute Gasteiger partial charge is 0.496 e. The lowest BCUT2D eigenvalue weighted by atomic mass is 10.2. The Morgan fingerprint density at radius 3 is 2.61 bits per heavy atom. The van der Waals surface area contributed by atoms with Crippen molar-refractivity contribution in [3.63, 3.8) is 0 Å². The van der Waals surface area contributed by atoms with Gasteiger partial charge in [0.05, 0.1) is 22.5 Å². The standard InChI is InChI=1S/C19H20N2O6S/c1-12(18(22)20-11-14-6-4-5-7-16(14)26-2)27-19(23)13-8-9-17(28-3)15(10-13)21(24)25/h4-10,12H,11H2,1-3H3,(H,20,22)/t12-/m1/s1. The highest BCUT2D eigenvalue weighted by atomic mass is 32.2. The fourth-order valence-electron chi connectivity index (χ4n) is 2.42. The van der Waals surface area contributed by atoms with Crippen LogP contribution in [0.3, 0.4) is 0 Å². The number of nitrogens with zero attached hydrogens (tertiary/aromatic N) is 1. The molecule has 8 nitrogen and oxygen atoms in total. The molecule has 1 N–H and O–H groups in total. The predicted octanol–water partition coefficient (Wildman–Crippen LogP) is 3.19. The summed E-state index contributed by atoms with van der Waals surface area (Å²) in [4.78, 5) is 35.5. The summed E-state index contributed by atoms with van der Waals surface area (Å²) >= 11 is 1.20. The normalized spacial score (nSPS) is 11.4. The van der Waals surface area contributed by atoms with Gasteiger partial charge in [-0.25, -0.2) is 4.79 Å². The Bertz CT molecular complexity index is 886. The molecule has 0 aliphatic heterocycles. The zero-order valence-corrected chi connectivity index (χ0v) is 16.4. The molecule has 0 aromatic heterocycles. The van der Waals surface area contributed by atoms with Gasteiger partial charge in [0.2, 0.25) is 0 Å². The average molecular weight is 404 g/mol. The SMILES string of the molecule is COc1ccccc1CNC(=O)[C@@H](C)OC(=O)c1ccc(SC)c([N+](=O)[O-])c1. The summed E-state index contributed by atoms with van der Waals surface area (Å²) < 4.78 is 10.4. The summed E-state index contributed by atoms with van der Waals surface area (Å²) in [5, 5.41) is 13.8. The van der Waals surface area contributed by atoms with Crippen molar-refractivity contribution in [3.05, 3.63) is 63.7 Å². The molecule has 0 bridgehead atoms. The average Bonchev–Trinajstić information content (AvgIpc) is 2.71. The molecular formula is C19H20N2O6S. The van der Waals surface area contributed by atoms with Crippen LogP contribution < -0.4 is 10.1 Å². The van der Waals surface area contributed by atoms with E-state index >= 15 is 0 Å². The quantitative estimate of drug-likeness (QED) is 0.311. The van der Waals surface area contributed by atoms with E-state index in [4.69, 9.17) is 9.47 Å². The highest BCUT2D eigenvalue weighted by Crippen LogP contribution is 2.28. The first kappa shape index (κ1) is 21.2. The molecule has 9 heteroatoms. The molecule has 2 aromatic rings. The maximum absolute atomic E-state index is 12.3. The van der Waals surface area contributed by atoms with Gasteiger partial charge in [-0.15, -0.1) is 11.8 Å². The number of nitro groups is 1. The first-order valence-electron chi connectivity index (χ1n) is 8.30. The van der Waals surface area contributed by atoms with E-state index in [-0.39, 0.29) is 17.8 Å². The van der Waals surface area contributed by atoms with Gasteiger partial charge in [0, 0.05) is 18.2 Å². The molecule has 0 saturated carbocycles. The lowest BCUT2D eigenvalue weighted by molar-refractivity contribution is -0.387. The van der Waals surface area contributed by atoms with Crippen molar-refractivity contribution < 1.29 is 24.0 Å². The third-order valence-corrected chi connectivity index (χ3v) is 4.69. The predicted molar refractivity (Wildman–Crippen MR) is 105 cm³/mol. The third-order valence-electron chi connectivity index (χ3n) is 3.91. The number of amides is 1. The number of carbonyl (C=O) groups excluding carboxylic acids is 2. The summed E-state index contributed by atoms with van der Waals surface area (Å²) in [5.74, 6) is -0.668. The van der Waals surface area contributed by atoms with E-state index < -0.39 is 22.9 Å². The first-order valence-corrected chi connectivity index (χ1v) is 9.52. The molecule has 28 heavy (non-hydrogen) atoms. The van der Waals surface area contributed by atoms with E-state index in [0.29, 0.717) is 10.6 Å². The number of ether oxygens (including phenoxy) is 2. The Morgan fingerprint density at radius 1 is 1.25 bits per heavy atom. The van der Waals surface area contributed by atoms with Crippen molar-refractivity contribution in [1.29, 1.82) is 0 Å². The molecule has 148 valence electrons. The van der Waals surface area contributed by atoms with Gasteiger partial charge < -0.3 is 14.8 Å². The van der Waals surface area contributed by atoms with E-state index in [1.54, 1.807) is 12.3 Å². The molecule has 0 aliphatic carbocycles. The summed E-state index contributed by atoms with van der Waals surface area (Å²) in [7, 11) is 1.53. The Morgan fingerprint density at radius 2 is 1.96 bits per heavy atom. The second-order valence-electron chi connectivity index (χ2n) is 5.72. The first-order chi connectivity index (χ1) is 13.4. The lowest BCUT2D eigenvalue weighted by Crippen LogP contribution is -2.35. The molecular weight excluding hydrogens is 384 g/mol. The van der Waals surface area contributed by atoms with Crippen LogP contribution in [-0.4, -0.2) is 36.3 Å². The van der Waals surface area contributed by atoms with Crippen LogP contribution >= 0.6 is 11.8 Å². The number of carbonyl (C=O) groups is 2. The van der Waals surface area contributed by atoms with Crippen molar-refractivity contribution in [1.82, 2.24) is 5.32 Å². The molecule has 0 radical (unpaired) electrons. The lowest BCUT2D eigenvalue weighted by Gasteiger charge is -2.15. The van der Waals surface area contributed by atoms with E-state index in [2.05, 4.69) is 5.32 Å². The van der Waals surface area contributed by atoms with Gasteiger partial charge in [-0.3, -0.25) is 14.9 Å². The van der Waals surface area contributed by atoms with Crippen LogP contribution in [0.2, 0.25) is 0 Å². The van der Waals surface area contributed by atoms with Crippen molar-refractivity contribution >= 4 is 29.3 Å². The van der Waals surface area contributed by atoms with Crippen LogP contribution in [0.1, 0.15) is 22.8 Å². The van der Waals surface area contributed by atoms with Gasteiger partial charge in [0.15, 0.2) is 6.10 Å². The molecule has 0 spiro atoms. The third kappa shape index (κ3) is 5.23. The number of nitro benzene ring substituents is 1. The minimum absolute atomic E-state index is 0.00822. The highest BCUT2D eigenvalue weighted by Gasteiger charge is 2.22. The zero-order chi connectivity index (χ0) is 20.7. The summed E-state index contributed by atoms with van der Waals surface area (Å²) in [5.41, 5.74) is 0.601. The number of nitrogens with one attached hydrogen (secondary N) is 1. The van der Waals surface area contributed by atoms with E-state index in [9.17, 15) is 19.7 Å². The van der Waals surface area contributed by atoms with Gasteiger partial charge in [-0.1, -0.05) is 18.2 Å². The Kier molecular flexibility index (Phi) is 7.39. The topological polar surface area (TPSA) is 108 Å². The minimum Gasteiger partial charge on any atom is -0.496 e. The second-order valence-corrected chi connectivity index (χ2v) is 6.57. The van der Waals surface area contributed by atoms with Gasteiger partial charge in [-0.05, 0) is 31.4 Å². The molecule has 0 aliphatic rings. The Balaban J connectivity index is 2.00. The Labute approximate surface area is 166 Å². The highest BCUT2D eigenvalue weighted by molar-refractivity contribution is 7.98. The number of esters is 1. The molecule has 1 amide bonds. The minimum atomic E-state index is -1.07. The van der Waals surface area contributed by atoms with Gasteiger partial charge in [0.25, 0.3) is 11.6 Å². The number of thioether (sulfide) groups is 1. The van der Waals surface area contributed by atoms with E-state index in [1.165, 1.54) is 37.9 Å². The number of benzene rings is 2. The van der Waals surface area contributed by atoms with E-state index in [1.807, 2.05) is 18.2 Å². The van der Waals surface area contributed by atoms with Crippen LogP contribution in [0, 0.1) is 10.1 Å². The molecule has 0 heterocycles. The van der Waals surface area contributed by atoms with E-state index in [0.717, 1.165) is 11.6 Å². The van der Waals surface area contributed by atoms with Crippen LogP contribution in [-0.2, 0) is 16.1 Å². The smallest absolute Gasteiger partial charge is 0.339 e. The molecule has 1 atom stereocenters. The number of hydrogen-bond donors (Lipinski definition) is 1. The maximum Gasteiger partial charge on any atom is 0.339 e. The monoisotopic (exact) mass is 404 g/mol. The van der Waals surface area contributed by atoms with Crippen molar-refractivity contribution in [3.8, 4) is 5.75 Å². The second kappa shape index (κ2) is 9.75. The van der Waals surface area contributed by atoms with Crippen molar-refractivity contribution in [2.75, 3.05) is 13.4 Å². The molecule has 0 unspecified atom stereocenters. The zero-order valence-electron chi connectivity index (χ0n) is 15.6. The van der Waals surface area contributed by atoms with Crippen LogP contribution in [0.15, 0.2) is 47.4 Å². The molecule has 0 saturated heterocycles. The Hall–Kier alpha value is -3.07. The van der Waals surface area contributed by atoms with Crippen molar-refractivity contribution in [2.24, 2.45) is 0 Å².